The molecule has 0 radical (unpaired) electrons. The van der Waals surface area contributed by atoms with Crippen LogP contribution in [0.3, 0.4) is 0 Å². The zero-order chi connectivity index (χ0) is 6.15. The second-order valence-electron chi connectivity index (χ2n) is 2.66. The maximum absolute atomic E-state index is 5.67. The van der Waals surface area contributed by atoms with E-state index in [-0.39, 0.29) is 0 Å². The van der Waals surface area contributed by atoms with Crippen molar-refractivity contribution in [1.29, 1.82) is 0 Å². The molecule has 0 aliphatic heterocycles. The van der Waals surface area contributed by atoms with Crippen molar-refractivity contribution >= 4 is 0 Å². The lowest BCUT2D eigenvalue weighted by Crippen LogP contribution is -2.17. The molecule has 1 unspecified atom stereocenters. The van der Waals surface area contributed by atoms with Crippen LogP contribution in [0.2, 0.25) is 0 Å². The first-order chi connectivity index (χ1) is 3.72. The van der Waals surface area contributed by atoms with Gasteiger partial charge in [-0.3, -0.25) is 0 Å². The summed E-state index contributed by atoms with van der Waals surface area (Å²) in [6, 6.07) is 0.296. The van der Waals surface area contributed by atoms with Crippen molar-refractivity contribution in [3.63, 3.8) is 0 Å². The van der Waals surface area contributed by atoms with Gasteiger partial charge in [0.1, 0.15) is 0 Å². The molecule has 1 rings (SSSR count). The molecule has 0 bridgehead atoms. The summed E-state index contributed by atoms with van der Waals surface area (Å²) in [4.78, 5) is 0. The summed E-state index contributed by atoms with van der Waals surface area (Å²) in [7, 11) is 0. The van der Waals surface area contributed by atoms with Gasteiger partial charge in [-0.25, -0.2) is 0 Å². The Kier molecular flexibility index (Phi) is 1.39. The number of rotatable bonds is 0. The highest BCUT2D eigenvalue weighted by Gasteiger charge is 2.21. The molecule has 2 N–H and O–H groups in total. The van der Waals surface area contributed by atoms with Gasteiger partial charge in [0.15, 0.2) is 0 Å². The highest BCUT2D eigenvalue weighted by Crippen LogP contribution is 2.27. The van der Waals surface area contributed by atoms with E-state index in [1.54, 1.807) is 0 Å². The van der Waals surface area contributed by atoms with Gasteiger partial charge in [0.05, 0.1) is 0 Å². The van der Waals surface area contributed by atoms with Crippen LogP contribution in [-0.4, -0.2) is 6.04 Å². The van der Waals surface area contributed by atoms with Crippen LogP contribution in [0, 0.1) is 5.92 Å². The highest BCUT2D eigenvalue weighted by molar-refractivity contribution is 5.12. The molecule has 1 aliphatic rings. The molecular formula is C7H13N. The Balaban J connectivity index is 2.57. The minimum absolute atomic E-state index is 0.296. The third-order valence-electron chi connectivity index (χ3n) is 2.02. The maximum atomic E-state index is 5.67. The van der Waals surface area contributed by atoms with E-state index in [1.807, 2.05) is 0 Å². The van der Waals surface area contributed by atoms with Crippen molar-refractivity contribution in [2.45, 2.75) is 25.8 Å². The van der Waals surface area contributed by atoms with Crippen LogP contribution in [0.4, 0.5) is 0 Å². The third-order valence-corrected chi connectivity index (χ3v) is 2.02. The quantitative estimate of drug-likeness (QED) is 0.468. The van der Waals surface area contributed by atoms with Gasteiger partial charge < -0.3 is 5.73 Å². The fraction of sp³-hybridized carbons (Fsp3) is 0.714. The molecule has 1 fully saturated rings. The molecule has 1 saturated carbocycles. The summed E-state index contributed by atoms with van der Waals surface area (Å²) >= 11 is 0. The molecular weight excluding hydrogens is 98.1 g/mol. The van der Waals surface area contributed by atoms with Crippen molar-refractivity contribution in [3.05, 3.63) is 12.2 Å². The highest BCUT2D eigenvalue weighted by atomic mass is 14.7. The minimum Gasteiger partial charge on any atom is -0.324 e. The van der Waals surface area contributed by atoms with Crippen LogP contribution in [0.25, 0.3) is 0 Å². The maximum Gasteiger partial charge on any atom is 0.0253 e. The Bertz CT molecular complexity index is 95.0. The molecule has 0 saturated heterocycles. The Hall–Kier alpha value is -0.300. The molecule has 46 valence electrons. The van der Waals surface area contributed by atoms with E-state index < -0.39 is 0 Å². The van der Waals surface area contributed by atoms with Crippen LogP contribution >= 0.6 is 0 Å². The van der Waals surface area contributed by atoms with Gasteiger partial charge >= 0.3 is 0 Å². The fourth-order valence-electron chi connectivity index (χ4n) is 1.17. The molecule has 0 spiro atoms. The fourth-order valence-corrected chi connectivity index (χ4v) is 1.17. The Morgan fingerprint density at radius 3 is 2.38 bits per heavy atom. The molecule has 0 aromatic rings. The summed E-state index contributed by atoms with van der Waals surface area (Å²) in [6.07, 6.45) is 2.38. The Morgan fingerprint density at radius 1 is 1.62 bits per heavy atom. The monoisotopic (exact) mass is 111 g/mol. The summed E-state index contributed by atoms with van der Waals surface area (Å²) in [5.41, 5.74) is 6.91. The molecule has 0 heterocycles. The minimum atomic E-state index is 0.296. The second-order valence-corrected chi connectivity index (χ2v) is 2.66. The van der Waals surface area contributed by atoms with Crippen LogP contribution in [0.5, 0.6) is 0 Å². The zero-order valence-electron chi connectivity index (χ0n) is 5.35. The van der Waals surface area contributed by atoms with Gasteiger partial charge in [0.25, 0.3) is 0 Å². The van der Waals surface area contributed by atoms with E-state index in [1.165, 1.54) is 12.0 Å². The first kappa shape index (κ1) is 5.83. The smallest absolute Gasteiger partial charge is 0.0253 e. The molecule has 0 aromatic heterocycles. The van der Waals surface area contributed by atoms with Gasteiger partial charge in [0.2, 0.25) is 0 Å². The lowest BCUT2D eigenvalue weighted by molar-refractivity contribution is 0.693. The topological polar surface area (TPSA) is 26.0 Å². The first-order valence-electron chi connectivity index (χ1n) is 3.16. The number of hydrogen-bond acceptors (Lipinski definition) is 1. The van der Waals surface area contributed by atoms with E-state index in [0.29, 0.717) is 12.0 Å². The van der Waals surface area contributed by atoms with E-state index >= 15 is 0 Å². The van der Waals surface area contributed by atoms with E-state index in [4.69, 9.17) is 5.73 Å². The Labute approximate surface area is 50.6 Å². The Morgan fingerprint density at radius 2 is 2.25 bits per heavy atom. The largest absolute Gasteiger partial charge is 0.324 e. The lowest BCUT2D eigenvalue weighted by atomic mass is 10.1. The van der Waals surface area contributed by atoms with Crippen LogP contribution in [0.1, 0.15) is 19.8 Å². The third kappa shape index (κ3) is 0.781. The van der Waals surface area contributed by atoms with Gasteiger partial charge in [-0.05, 0) is 18.8 Å². The van der Waals surface area contributed by atoms with Crippen molar-refractivity contribution in [3.8, 4) is 0 Å². The van der Waals surface area contributed by atoms with Gasteiger partial charge in [-0.1, -0.05) is 19.1 Å². The molecule has 1 nitrogen and oxygen atoms in total. The predicted molar refractivity (Wildman–Crippen MR) is 35.5 cm³/mol. The van der Waals surface area contributed by atoms with Crippen LogP contribution in [-0.2, 0) is 0 Å². The van der Waals surface area contributed by atoms with Crippen molar-refractivity contribution in [2.75, 3.05) is 0 Å². The average molecular weight is 111 g/mol. The SMILES string of the molecule is C=C1C(C)CC[C@@H]1N. The predicted octanol–water partition coefficient (Wildman–Crippen LogP) is 1.30. The average Bonchev–Trinajstić information content (AvgIpc) is 1.98. The van der Waals surface area contributed by atoms with Gasteiger partial charge in [0, 0.05) is 6.04 Å². The van der Waals surface area contributed by atoms with Crippen LogP contribution < -0.4 is 5.73 Å². The molecule has 2 atom stereocenters. The molecule has 0 aromatic carbocycles. The lowest BCUT2D eigenvalue weighted by Gasteiger charge is -2.04. The van der Waals surface area contributed by atoms with E-state index in [2.05, 4.69) is 13.5 Å². The van der Waals surface area contributed by atoms with Crippen LogP contribution in [0.15, 0.2) is 12.2 Å². The second kappa shape index (κ2) is 1.90. The number of nitrogens with two attached hydrogens (primary N) is 1. The summed E-state index contributed by atoms with van der Waals surface area (Å²) in [5.74, 6) is 0.671. The summed E-state index contributed by atoms with van der Waals surface area (Å²) in [6.45, 7) is 6.08. The van der Waals surface area contributed by atoms with Gasteiger partial charge in [-0.2, -0.15) is 0 Å². The molecule has 0 amide bonds. The van der Waals surface area contributed by atoms with E-state index in [9.17, 15) is 0 Å². The summed E-state index contributed by atoms with van der Waals surface area (Å²) < 4.78 is 0. The molecule has 1 aliphatic carbocycles. The standard InChI is InChI=1S/C7H13N/c1-5-3-4-7(8)6(5)2/h5,7H,2-4,8H2,1H3/t5?,7-/m0/s1. The first-order valence-corrected chi connectivity index (χ1v) is 3.16. The molecule has 1 heteroatoms. The van der Waals surface area contributed by atoms with E-state index in [0.717, 1.165) is 6.42 Å². The summed E-state index contributed by atoms with van der Waals surface area (Å²) in [5, 5.41) is 0. The van der Waals surface area contributed by atoms with Crippen molar-refractivity contribution in [2.24, 2.45) is 11.7 Å². The number of hydrogen-bond donors (Lipinski definition) is 1. The molecule has 8 heavy (non-hydrogen) atoms. The van der Waals surface area contributed by atoms with Crippen molar-refractivity contribution in [1.82, 2.24) is 0 Å². The van der Waals surface area contributed by atoms with Gasteiger partial charge in [-0.15, -0.1) is 0 Å². The van der Waals surface area contributed by atoms with Crippen molar-refractivity contribution < 1.29 is 0 Å². The normalized spacial score (nSPS) is 38.5. The zero-order valence-corrected chi connectivity index (χ0v) is 5.35.